The number of hydrogen-bond acceptors (Lipinski definition) is 6. The highest BCUT2D eigenvalue weighted by molar-refractivity contribution is 7.91. The number of carbonyl (C=O) groups is 1. The number of aromatic nitrogens is 1. The van der Waals surface area contributed by atoms with Gasteiger partial charge in [0.15, 0.2) is 15.0 Å². The summed E-state index contributed by atoms with van der Waals surface area (Å²) >= 11 is 1.47. The topological polar surface area (TPSA) is 88.2 Å². The summed E-state index contributed by atoms with van der Waals surface area (Å²) in [6.07, 6.45) is 1.29. The Morgan fingerprint density at radius 2 is 2.32 bits per heavy atom. The smallest absolute Gasteiger partial charge is 0.230 e. The van der Waals surface area contributed by atoms with E-state index in [1.165, 1.54) is 11.3 Å². The number of sulfone groups is 1. The molecule has 6 nitrogen and oxygen atoms in total. The van der Waals surface area contributed by atoms with Crippen LogP contribution in [0.1, 0.15) is 17.0 Å². The molecule has 8 heteroatoms. The van der Waals surface area contributed by atoms with Gasteiger partial charge < -0.3 is 10.6 Å². The first kappa shape index (κ1) is 13.0. The molecular weight excluding hydrogens is 286 g/mol. The highest BCUT2D eigenvalue weighted by Crippen LogP contribution is 2.27. The second-order valence-electron chi connectivity index (χ2n) is 4.90. The van der Waals surface area contributed by atoms with Crippen molar-refractivity contribution in [1.82, 2.24) is 10.3 Å². The van der Waals surface area contributed by atoms with E-state index in [0.717, 1.165) is 30.1 Å². The number of anilines is 1. The Labute approximate surface area is 115 Å². The normalized spacial score (nSPS) is 24.9. The summed E-state index contributed by atoms with van der Waals surface area (Å²) in [5, 5.41) is 6.59. The van der Waals surface area contributed by atoms with E-state index < -0.39 is 15.8 Å². The molecule has 19 heavy (non-hydrogen) atoms. The molecule has 1 atom stereocenters. The number of rotatable bonds is 2. The minimum atomic E-state index is -3.02. The van der Waals surface area contributed by atoms with E-state index in [1.54, 1.807) is 0 Å². The lowest BCUT2D eigenvalue weighted by atomic mass is 10.1. The van der Waals surface area contributed by atoms with E-state index in [1.807, 2.05) is 0 Å². The average Bonchev–Trinajstić information content (AvgIpc) is 2.91. The zero-order valence-electron chi connectivity index (χ0n) is 10.3. The molecule has 1 saturated heterocycles. The molecule has 0 bridgehead atoms. The molecule has 1 unspecified atom stereocenters. The van der Waals surface area contributed by atoms with Crippen LogP contribution >= 0.6 is 11.3 Å². The molecule has 1 amide bonds. The van der Waals surface area contributed by atoms with Gasteiger partial charge >= 0.3 is 0 Å². The van der Waals surface area contributed by atoms with Gasteiger partial charge in [0.1, 0.15) is 0 Å². The third-order valence-corrected chi connectivity index (χ3v) is 6.22. The van der Waals surface area contributed by atoms with Crippen molar-refractivity contribution >= 4 is 32.2 Å². The molecule has 1 fully saturated rings. The first-order valence-corrected chi connectivity index (χ1v) is 8.88. The van der Waals surface area contributed by atoms with E-state index >= 15 is 0 Å². The van der Waals surface area contributed by atoms with Crippen molar-refractivity contribution in [2.24, 2.45) is 5.92 Å². The third kappa shape index (κ3) is 2.80. The van der Waals surface area contributed by atoms with Crippen molar-refractivity contribution < 1.29 is 13.2 Å². The minimum Gasteiger partial charge on any atom is -0.311 e. The van der Waals surface area contributed by atoms with Crippen LogP contribution in [0.25, 0.3) is 0 Å². The first-order valence-electron chi connectivity index (χ1n) is 6.24. The number of amides is 1. The summed E-state index contributed by atoms with van der Waals surface area (Å²) < 4.78 is 22.7. The number of fused-ring (bicyclic) bond motifs is 1. The van der Waals surface area contributed by atoms with Crippen LogP contribution in [0.15, 0.2) is 0 Å². The van der Waals surface area contributed by atoms with E-state index in [9.17, 15) is 13.2 Å². The summed E-state index contributed by atoms with van der Waals surface area (Å²) in [4.78, 5) is 17.5. The number of nitrogens with zero attached hydrogens (tertiary/aromatic N) is 1. The Kier molecular flexibility index (Phi) is 3.32. The van der Waals surface area contributed by atoms with Gasteiger partial charge in [-0.25, -0.2) is 13.4 Å². The van der Waals surface area contributed by atoms with Gasteiger partial charge in [-0.1, -0.05) is 0 Å². The molecule has 1 aromatic heterocycles. The average molecular weight is 301 g/mol. The van der Waals surface area contributed by atoms with Gasteiger partial charge in [0.05, 0.1) is 23.1 Å². The van der Waals surface area contributed by atoms with Crippen LogP contribution in [0.4, 0.5) is 5.13 Å². The molecule has 2 N–H and O–H groups in total. The number of carbonyl (C=O) groups excluding carboxylic acids is 1. The quantitative estimate of drug-likeness (QED) is 0.812. The van der Waals surface area contributed by atoms with Crippen molar-refractivity contribution in [2.45, 2.75) is 19.4 Å². The lowest BCUT2D eigenvalue weighted by Crippen LogP contribution is -2.23. The van der Waals surface area contributed by atoms with Gasteiger partial charge in [0.25, 0.3) is 0 Å². The van der Waals surface area contributed by atoms with Crippen LogP contribution in [0.2, 0.25) is 0 Å². The van der Waals surface area contributed by atoms with Gasteiger partial charge in [-0.3, -0.25) is 4.79 Å². The fourth-order valence-electron chi connectivity index (χ4n) is 2.39. The molecule has 0 aromatic carbocycles. The fraction of sp³-hybridized carbons (Fsp3) is 0.636. The molecule has 3 rings (SSSR count). The van der Waals surface area contributed by atoms with Crippen molar-refractivity contribution in [3.8, 4) is 0 Å². The van der Waals surface area contributed by atoms with Crippen LogP contribution < -0.4 is 10.6 Å². The predicted molar refractivity (Wildman–Crippen MR) is 72.9 cm³/mol. The molecular formula is C11H15N3O3S2. The van der Waals surface area contributed by atoms with Crippen LogP contribution in [0.5, 0.6) is 0 Å². The molecule has 1 aromatic rings. The van der Waals surface area contributed by atoms with Crippen molar-refractivity contribution in [3.05, 3.63) is 10.6 Å². The second kappa shape index (κ2) is 4.84. The van der Waals surface area contributed by atoms with Gasteiger partial charge in [0, 0.05) is 24.4 Å². The Balaban J connectivity index is 1.68. The van der Waals surface area contributed by atoms with Crippen LogP contribution in [-0.2, 0) is 27.6 Å². The maximum absolute atomic E-state index is 12.0. The molecule has 2 aliphatic heterocycles. The van der Waals surface area contributed by atoms with Crippen molar-refractivity contribution in [2.75, 3.05) is 23.4 Å². The Morgan fingerprint density at radius 1 is 1.47 bits per heavy atom. The molecule has 0 aliphatic carbocycles. The third-order valence-electron chi connectivity index (χ3n) is 3.44. The van der Waals surface area contributed by atoms with Crippen LogP contribution in [-0.4, -0.2) is 37.4 Å². The molecule has 2 aliphatic rings. The molecule has 104 valence electrons. The van der Waals surface area contributed by atoms with E-state index in [0.29, 0.717) is 11.6 Å². The zero-order valence-corrected chi connectivity index (χ0v) is 11.9. The maximum Gasteiger partial charge on any atom is 0.230 e. The Bertz CT molecular complexity index is 585. The summed E-state index contributed by atoms with van der Waals surface area (Å²) in [5.74, 6) is -0.571. The Morgan fingerprint density at radius 3 is 3.00 bits per heavy atom. The fourth-order valence-corrected chi connectivity index (χ4v) is 5.11. The van der Waals surface area contributed by atoms with Crippen LogP contribution in [0, 0.1) is 5.92 Å². The number of thiazole rings is 1. The lowest BCUT2D eigenvalue weighted by Gasteiger charge is -2.09. The summed E-state index contributed by atoms with van der Waals surface area (Å²) in [5.41, 5.74) is 1.04. The van der Waals surface area contributed by atoms with Gasteiger partial charge in [-0.15, -0.1) is 11.3 Å². The van der Waals surface area contributed by atoms with E-state index in [4.69, 9.17) is 0 Å². The minimum absolute atomic E-state index is 0.0362. The monoisotopic (exact) mass is 301 g/mol. The number of nitrogens with one attached hydrogen (secondary N) is 2. The van der Waals surface area contributed by atoms with Crippen molar-refractivity contribution in [3.63, 3.8) is 0 Å². The SMILES string of the molecule is O=C(Nc1nc2c(s1)CNCC2)C1CCS(=O)(=O)C1. The summed E-state index contributed by atoms with van der Waals surface area (Å²) in [7, 11) is -3.02. The van der Waals surface area contributed by atoms with Crippen molar-refractivity contribution in [1.29, 1.82) is 0 Å². The largest absolute Gasteiger partial charge is 0.311 e. The highest BCUT2D eigenvalue weighted by Gasteiger charge is 2.33. The maximum atomic E-state index is 12.0. The number of hydrogen-bond donors (Lipinski definition) is 2. The second-order valence-corrected chi connectivity index (χ2v) is 8.22. The molecule has 0 spiro atoms. The van der Waals surface area contributed by atoms with E-state index in [-0.39, 0.29) is 17.4 Å². The highest BCUT2D eigenvalue weighted by atomic mass is 32.2. The first-order chi connectivity index (χ1) is 9.03. The summed E-state index contributed by atoms with van der Waals surface area (Å²) in [6, 6.07) is 0. The Hall–Kier alpha value is -0.990. The molecule has 3 heterocycles. The van der Waals surface area contributed by atoms with E-state index in [2.05, 4.69) is 15.6 Å². The predicted octanol–water partition coefficient (Wildman–Crippen LogP) is 0.162. The summed E-state index contributed by atoms with van der Waals surface area (Å²) in [6.45, 7) is 1.70. The molecule has 0 radical (unpaired) electrons. The van der Waals surface area contributed by atoms with Gasteiger partial charge in [-0.2, -0.15) is 0 Å². The zero-order chi connectivity index (χ0) is 13.5. The van der Waals surface area contributed by atoms with Gasteiger partial charge in [-0.05, 0) is 6.42 Å². The van der Waals surface area contributed by atoms with Crippen LogP contribution in [0.3, 0.4) is 0 Å². The lowest BCUT2D eigenvalue weighted by molar-refractivity contribution is -0.119. The van der Waals surface area contributed by atoms with Gasteiger partial charge in [0.2, 0.25) is 5.91 Å². The standard InChI is InChI=1S/C11H15N3O3S2/c15-10(7-2-4-19(16,17)6-7)14-11-13-8-1-3-12-5-9(8)18-11/h7,12H,1-6H2,(H,13,14,15). The molecule has 0 saturated carbocycles.